The molecule has 37 heavy (non-hydrogen) atoms. The fraction of sp³-hybridized carbons (Fsp3) is 0.240. The third kappa shape index (κ3) is 5.39. The van der Waals surface area contributed by atoms with Gasteiger partial charge >= 0.3 is 59.1 Å². The number of aromatic hydroxyl groups is 3. The van der Waals surface area contributed by atoms with Crippen LogP contribution in [0.2, 0.25) is 0 Å². The van der Waals surface area contributed by atoms with Gasteiger partial charge in [0, 0.05) is 17.7 Å². The van der Waals surface area contributed by atoms with Crippen molar-refractivity contribution in [3.8, 4) is 40.2 Å². The van der Waals surface area contributed by atoms with Crippen LogP contribution in [0.5, 0.6) is 40.2 Å². The summed E-state index contributed by atoms with van der Waals surface area (Å²) in [6, 6.07) is 11.5. The van der Waals surface area contributed by atoms with E-state index in [4.69, 9.17) is 18.9 Å². The maximum absolute atomic E-state index is 12.7. The summed E-state index contributed by atoms with van der Waals surface area (Å²) in [4.78, 5) is 12.7. The molecule has 5 N–H and O–H groups in total. The molecule has 0 fully saturated rings. The van der Waals surface area contributed by atoms with E-state index in [0.29, 0.717) is 16.9 Å². The quantitative estimate of drug-likeness (QED) is 0.216. The van der Waals surface area contributed by atoms with Crippen molar-refractivity contribution in [2.24, 2.45) is 0 Å². The van der Waals surface area contributed by atoms with Crippen molar-refractivity contribution in [1.82, 2.24) is 0 Å². The zero-order valence-corrected chi connectivity index (χ0v) is 24.4. The fourth-order valence-electron chi connectivity index (χ4n) is 4.28. The molecular formula is C25H24Na2O10. The van der Waals surface area contributed by atoms with Gasteiger partial charge in [0.25, 0.3) is 0 Å². The molecule has 0 saturated carbocycles. The minimum atomic E-state index is -1.62. The van der Waals surface area contributed by atoms with E-state index in [9.17, 15) is 30.3 Å². The summed E-state index contributed by atoms with van der Waals surface area (Å²) in [7, 11) is 1.41. The predicted molar refractivity (Wildman–Crippen MR) is 122 cm³/mol. The van der Waals surface area contributed by atoms with Crippen LogP contribution in [0.15, 0.2) is 48.5 Å². The number of benzene rings is 3. The number of ether oxygens (including phenoxy) is 4. The van der Waals surface area contributed by atoms with Crippen LogP contribution < -0.4 is 78.1 Å². The van der Waals surface area contributed by atoms with Crippen molar-refractivity contribution < 1.29 is 111 Å². The van der Waals surface area contributed by atoms with Gasteiger partial charge in [0.05, 0.1) is 13.7 Å². The van der Waals surface area contributed by atoms with Gasteiger partial charge in [0.2, 0.25) is 5.78 Å². The molecule has 12 heteroatoms. The Kier molecular flexibility index (Phi) is 9.31. The maximum atomic E-state index is 12.7. The van der Waals surface area contributed by atoms with Crippen molar-refractivity contribution in [2.45, 2.75) is 24.4 Å². The Bertz CT molecular complexity index is 1330. The smallest absolute Gasteiger partial charge is 1.00 e. The molecule has 0 radical (unpaired) electrons. The molecule has 0 amide bonds. The third-order valence-electron chi connectivity index (χ3n) is 6.00. The van der Waals surface area contributed by atoms with E-state index in [0.717, 1.165) is 6.07 Å². The number of aliphatic hydroxyl groups excluding tert-OH is 2. The van der Waals surface area contributed by atoms with Crippen LogP contribution in [0.1, 0.15) is 36.5 Å². The number of fused-ring (bicyclic) bond motifs is 2. The standard InChI is InChI=1S/C25H22O10.2Na.2H/c1-32-17-6-11(2-4-14(17)28)24-20(10-26)33-16-5-3-12(7-18(16)34-24)25-23(31)22(30)21-15(29)8-13(27)9-19(21)35-25;;;;/h2-9,20,23-29,31H,10H2,1H3;;;;/q;2*+1;2*-1/t20-,23+,24-,25-;;;;/m1..../s1. The number of hydrogen-bond acceptors (Lipinski definition) is 10. The van der Waals surface area contributed by atoms with E-state index in [1.54, 1.807) is 30.3 Å². The van der Waals surface area contributed by atoms with Crippen molar-refractivity contribution in [1.29, 1.82) is 0 Å². The Morgan fingerprint density at radius 1 is 0.838 bits per heavy atom. The van der Waals surface area contributed by atoms with Crippen LogP contribution in [0.3, 0.4) is 0 Å². The normalized spacial score (nSPS) is 21.5. The predicted octanol–water partition coefficient (Wildman–Crippen LogP) is -3.40. The minimum absolute atomic E-state index is 0. The second kappa shape index (κ2) is 11.7. The zero-order chi connectivity index (χ0) is 24.9. The fourth-order valence-corrected chi connectivity index (χ4v) is 4.28. The van der Waals surface area contributed by atoms with Crippen molar-refractivity contribution in [3.05, 3.63) is 65.2 Å². The number of aliphatic hydroxyl groups is 2. The van der Waals surface area contributed by atoms with Crippen molar-refractivity contribution in [2.75, 3.05) is 13.7 Å². The van der Waals surface area contributed by atoms with Crippen LogP contribution >= 0.6 is 0 Å². The number of phenolic OH excluding ortho intramolecular Hbond substituents is 3. The van der Waals surface area contributed by atoms with Gasteiger partial charge < -0.3 is 47.3 Å². The monoisotopic (exact) mass is 530 g/mol. The summed E-state index contributed by atoms with van der Waals surface area (Å²) in [6.07, 6.45) is -4.28. The van der Waals surface area contributed by atoms with E-state index in [1.807, 2.05) is 0 Å². The summed E-state index contributed by atoms with van der Waals surface area (Å²) in [5, 5.41) is 50.2. The van der Waals surface area contributed by atoms with E-state index in [2.05, 4.69) is 0 Å². The summed E-state index contributed by atoms with van der Waals surface area (Å²) >= 11 is 0. The van der Waals surface area contributed by atoms with E-state index >= 15 is 0 Å². The van der Waals surface area contributed by atoms with Gasteiger partial charge in [0.1, 0.15) is 22.8 Å². The number of phenols is 3. The van der Waals surface area contributed by atoms with E-state index < -0.39 is 35.9 Å². The Balaban J connectivity index is 0.00000190. The summed E-state index contributed by atoms with van der Waals surface area (Å²) < 4.78 is 23.0. The maximum Gasteiger partial charge on any atom is 1.00 e. The van der Waals surface area contributed by atoms with Crippen LogP contribution in [0, 0.1) is 0 Å². The number of ketones is 1. The molecule has 2 aliphatic rings. The molecule has 2 heterocycles. The SMILES string of the molecule is COc1cc([C@H]2Oc3cc([C@H]4Oc5cc(O)cc(O)c5C(=O)[C@@H]4O)ccc3O[C@@H]2CO)ccc1O.[H-].[H-].[Na+].[Na+]. The van der Waals surface area contributed by atoms with Crippen LogP contribution in [0.25, 0.3) is 0 Å². The average molecular weight is 530 g/mol. The van der Waals surface area contributed by atoms with E-state index in [1.165, 1.54) is 19.2 Å². The van der Waals surface area contributed by atoms with E-state index in [-0.39, 0.29) is 103 Å². The second-order valence-electron chi connectivity index (χ2n) is 8.20. The Morgan fingerprint density at radius 2 is 1.51 bits per heavy atom. The van der Waals surface area contributed by atoms with Gasteiger partial charge in [0.15, 0.2) is 47.4 Å². The van der Waals surface area contributed by atoms with Crippen LogP contribution in [0.4, 0.5) is 0 Å². The number of methoxy groups -OCH3 is 1. The number of hydrogen-bond donors (Lipinski definition) is 5. The number of carbonyl (C=O) groups is 1. The third-order valence-corrected chi connectivity index (χ3v) is 6.00. The molecule has 0 spiro atoms. The van der Waals surface area contributed by atoms with Crippen molar-refractivity contribution in [3.63, 3.8) is 0 Å². The molecule has 3 aromatic carbocycles. The molecule has 2 aliphatic heterocycles. The molecule has 5 rings (SSSR count). The number of carbonyl (C=O) groups excluding carboxylic acids is 1. The largest absolute Gasteiger partial charge is 1.00 e. The Labute approximate surface area is 258 Å². The van der Waals surface area contributed by atoms with Gasteiger partial charge in [-0.1, -0.05) is 12.1 Å². The zero-order valence-electron chi connectivity index (χ0n) is 22.4. The molecule has 0 aromatic heterocycles. The molecule has 186 valence electrons. The first kappa shape index (κ1) is 29.4. The second-order valence-corrected chi connectivity index (χ2v) is 8.20. The topological polar surface area (TPSA) is 155 Å². The van der Waals surface area contributed by atoms with Gasteiger partial charge in [-0.25, -0.2) is 0 Å². The Morgan fingerprint density at radius 3 is 2.22 bits per heavy atom. The Hall–Kier alpha value is -2.15. The number of rotatable bonds is 4. The summed E-state index contributed by atoms with van der Waals surface area (Å²) in [5.74, 6) is -0.823. The summed E-state index contributed by atoms with van der Waals surface area (Å²) in [5.41, 5.74) is 0.751. The van der Waals surface area contributed by atoms with Crippen LogP contribution in [-0.4, -0.2) is 57.2 Å². The first-order chi connectivity index (χ1) is 16.8. The number of Topliss-reactive ketones (excluding diaryl/α,β-unsaturated/α-hetero) is 1. The molecule has 4 atom stereocenters. The molecule has 0 aliphatic carbocycles. The van der Waals surface area contributed by atoms with Gasteiger partial charge in [-0.15, -0.1) is 0 Å². The molecule has 0 saturated heterocycles. The molecule has 0 bridgehead atoms. The molecule has 3 aromatic rings. The summed E-state index contributed by atoms with van der Waals surface area (Å²) in [6.45, 7) is -0.349. The van der Waals surface area contributed by atoms with Crippen LogP contribution in [-0.2, 0) is 0 Å². The molecular weight excluding hydrogens is 506 g/mol. The van der Waals surface area contributed by atoms with Gasteiger partial charge in [-0.2, -0.15) is 0 Å². The molecule has 10 nitrogen and oxygen atoms in total. The van der Waals surface area contributed by atoms with Gasteiger partial charge in [-0.05, 0) is 29.8 Å². The minimum Gasteiger partial charge on any atom is -1.00 e. The van der Waals surface area contributed by atoms with Crippen molar-refractivity contribution >= 4 is 5.78 Å². The first-order valence-corrected chi connectivity index (χ1v) is 10.7. The average Bonchev–Trinajstić information content (AvgIpc) is 2.85. The molecule has 0 unspecified atom stereocenters. The van der Waals surface area contributed by atoms with Gasteiger partial charge in [-0.3, -0.25) is 4.79 Å². The first-order valence-electron chi connectivity index (χ1n) is 10.7.